The number of carbonyl (C=O) groups excluding carboxylic acids is 1. The Morgan fingerprint density at radius 3 is 2.82 bits per heavy atom. The first-order chi connectivity index (χ1) is 13.7. The van der Waals surface area contributed by atoms with Crippen LogP contribution in [0.2, 0.25) is 0 Å². The summed E-state index contributed by atoms with van der Waals surface area (Å²) in [4.78, 5) is 24.9. The molecule has 0 atom stereocenters. The highest BCUT2D eigenvalue weighted by Gasteiger charge is 2.20. The largest absolute Gasteiger partial charge is 0.462 e. The van der Waals surface area contributed by atoms with E-state index in [1.54, 1.807) is 6.33 Å². The fourth-order valence-corrected chi connectivity index (χ4v) is 4.75. The van der Waals surface area contributed by atoms with Crippen LogP contribution in [0.4, 0.5) is 11.5 Å². The second kappa shape index (κ2) is 8.14. The van der Waals surface area contributed by atoms with Gasteiger partial charge in [0.25, 0.3) is 0 Å². The monoisotopic (exact) mass is 396 g/mol. The van der Waals surface area contributed by atoms with E-state index in [1.165, 1.54) is 35.4 Å². The van der Waals surface area contributed by atoms with Crippen LogP contribution in [-0.2, 0) is 11.3 Å². The van der Waals surface area contributed by atoms with Crippen molar-refractivity contribution in [3.05, 3.63) is 46.6 Å². The molecular weight excluding hydrogens is 372 g/mol. The molecule has 0 amide bonds. The Bertz CT molecular complexity index is 995. The van der Waals surface area contributed by atoms with Crippen molar-refractivity contribution < 1.29 is 9.53 Å². The van der Waals surface area contributed by atoms with Crippen molar-refractivity contribution in [2.45, 2.75) is 33.2 Å². The fraction of sp³-hybridized carbons (Fsp3) is 0.381. The van der Waals surface area contributed by atoms with Gasteiger partial charge in [-0.05, 0) is 43.9 Å². The van der Waals surface area contributed by atoms with Crippen molar-refractivity contribution in [1.29, 1.82) is 0 Å². The van der Waals surface area contributed by atoms with E-state index >= 15 is 0 Å². The van der Waals surface area contributed by atoms with E-state index in [0.717, 1.165) is 34.7 Å². The Balaban J connectivity index is 1.62. The van der Waals surface area contributed by atoms with Crippen LogP contribution in [-0.4, -0.2) is 35.6 Å². The Labute approximate surface area is 168 Å². The predicted molar refractivity (Wildman–Crippen MR) is 113 cm³/mol. The smallest absolute Gasteiger partial charge is 0.348 e. The minimum absolute atomic E-state index is 0.298. The van der Waals surface area contributed by atoms with E-state index in [9.17, 15) is 4.79 Å². The summed E-state index contributed by atoms with van der Waals surface area (Å²) in [5.41, 5.74) is 3.40. The van der Waals surface area contributed by atoms with Crippen LogP contribution in [0.1, 0.15) is 40.6 Å². The van der Waals surface area contributed by atoms with Crippen LogP contribution in [0.15, 0.2) is 30.6 Å². The average Bonchev–Trinajstić information content (AvgIpc) is 3.35. The molecule has 6 nitrogen and oxygen atoms in total. The zero-order valence-electron chi connectivity index (χ0n) is 16.2. The quantitative estimate of drug-likeness (QED) is 0.624. The number of aromatic nitrogens is 2. The van der Waals surface area contributed by atoms with Crippen LogP contribution in [0.5, 0.6) is 0 Å². The number of fused-ring (bicyclic) bond motifs is 1. The Hall–Kier alpha value is -2.67. The number of rotatable bonds is 6. The molecule has 0 unspecified atom stereocenters. The maximum absolute atomic E-state index is 12.2. The second-order valence-electron chi connectivity index (χ2n) is 6.86. The third-order valence-electron chi connectivity index (χ3n) is 5.07. The first-order valence-corrected chi connectivity index (χ1v) is 10.5. The van der Waals surface area contributed by atoms with Gasteiger partial charge in [-0.15, -0.1) is 11.3 Å². The molecule has 1 fully saturated rings. The van der Waals surface area contributed by atoms with E-state index in [0.29, 0.717) is 18.0 Å². The molecule has 3 aromatic rings. The van der Waals surface area contributed by atoms with Gasteiger partial charge in [0.1, 0.15) is 21.9 Å². The van der Waals surface area contributed by atoms with Gasteiger partial charge < -0.3 is 15.0 Å². The lowest BCUT2D eigenvalue weighted by molar-refractivity contribution is 0.0531. The number of hydrogen-bond donors (Lipinski definition) is 1. The lowest BCUT2D eigenvalue weighted by Crippen LogP contribution is -2.20. The van der Waals surface area contributed by atoms with Gasteiger partial charge >= 0.3 is 5.97 Å². The summed E-state index contributed by atoms with van der Waals surface area (Å²) in [6, 6.07) is 8.51. The molecule has 7 heteroatoms. The molecule has 4 rings (SSSR count). The normalized spacial score (nSPS) is 13.9. The molecule has 0 radical (unpaired) electrons. The standard InChI is InChI=1S/C21H24N4O2S/c1-3-27-21(26)18-14(2)17-19(23-13-24-20(17)28-18)22-12-15-8-4-5-9-16(15)25-10-6-7-11-25/h4-5,8-9,13H,3,6-7,10-12H2,1-2H3,(H,22,23,24). The number of nitrogens with one attached hydrogen (secondary N) is 1. The van der Waals surface area contributed by atoms with Crippen LogP contribution in [0.3, 0.4) is 0 Å². The highest BCUT2D eigenvalue weighted by molar-refractivity contribution is 7.20. The zero-order chi connectivity index (χ0) is 19.5. The van der Waals surface area contributed by atoms with Gasteiger partial charge in [-0.3, -0.25) is 0 Å². The number of nitrogens with zero attached hydrogens (tertiary/aromatic N) is 3. The maximum atomic E-state index is 12.2. The molecule has 0 bridgehead atoms. The maximum Gasteiger partial charge on any atom is 0.348 e. The van der Waals surface area contributed by atoms with Crippen LogP contribution in [0.25, 0.3) is 10.2 Å². The molecule has 0 saturated carbocycles. The van der Waals surface area contributed by atoms with Gasteiger partial charge in [-0.1, -0.05) is 18.2 Å². The molecule has 0 spiro atoms. The number of hydrogen-bond acceptors (Lipinski definition) is 7. The number of anilines is 2. The Kier molecular flexibility index (Phi) is 5.43. The van der Waals surface area contributed by atoms with Crippen LogP contribution < -0.4 is 10.2 Å². The van der Waals surface area contributed by atoms with Crippen molar-refractivity contribution in [1.82, 2.24) is 9.97 Å². The molecule has 146 valence electrons. The third-order valence-corrected chi connectivity index (χ3v) is 6.25. The molecular formula is C21H24N4O2S. The highest BCUT2D eigenvalue weighted by atomic mass is 32.1. The fourth-order valence-electron chi connectivity index (χ4n) is 3.70. The number of esters is 1. The summed E-state index contributed by atoms with van der Waals surface area (Å²) >= 11 is 1.36. The first kappa shape index (κ1) is 18.7. The molecule has 1 aliphatic rings. The molecule has 3 heterocycles. The summed E-state index contributed by atoms with van der Waals surface area (Å²) in [6.45, 7) is 6.99. The minimum Gasteiger partial charge on any atom is -0.462 e. The van der Waals surface area contributed by atoms with Crippen LogP contribution in [0, 0.1) is 6.92 Å². The average molecular weight is 397 g/mol. The molecule has 1 saturated heterocycles. The van der Waals surface area contributed by atoms with Gasteiger partial charge in [0.05, 0.1) is 12.0 Å². The van der Waals surface area contributed by atoms with E-state index in [2.05, 4.69) is 44.5 Å². The molecule has 0 aliphatic carbocycles. The second-order valence-corrected chi connectivity index (χ2v) is 7.85. The molecule has 1 aliphatic heterocycles. The topological polar surface area (TPSA) is 67.3 Å². The number of ether oxygens (including phenoxy) is 1. The van der Waals surface area contributed by atoms with Crippen LogP contribution >= 0.6 is 11.3 Å². The van der Waals surface area contributed by atoms with Gasteiger partial charge in [0.15, 0.2) is 0 Å². The van der Waals surface area contributed by atoms with E-state index < -0.39 is 0 Å². The van der Waals surface area contributed by atoms with E-state index in [-0.39, 0.29) is 5.97 Å². The number of thiophene rings is 1. The summed E-state index contributed by atoms with van der Waals surface area (Å²) in [5.74, 6) is 0.457. The summed E-state index contributed by atoms with van der Waals surface area (Å²) < 4.78 is 5.18. The summed E-state index contributed by atoms with van der Waals surface area (Å²) in [6.07, 6.45) is 4.04. The summed E-state index contributed by atoms with van der Waals surface area (Å²) in [5, 5.41) is 4.37. The van der Waals surface area contributed by atoms with E-state index in [4.69, 9.17) is 4.74 Å². The lowest BCUT2D eigenvalue weighted by atomic mass is 10.1. The number of benzene rings is 1. The van der Waals surface area contributed by atoms with Crippen molar-refractivity contribution in [3.63, 3.8) is 0 Å². The van der Waals surface area contributed by atoms with Crippen molar-refractivity contribution >= 4 is 39.0 Å². The van der Waals surface area contributed by atoms with Crippen molar-refractivity contribution in [2.24, 2.45) is 0 Å². The molecule has 1 aromatic carbocycles. The summed E-state index contributed by atoms with van der Waals surface area (Å²) in [7, 11) is 0. The van der Waals surface area contributed by atoms with E-state index in [1.807, 2.05) is 13.8 Å². The molecule has 28 heavy (non-hydrogen) atoms. The van der Waals surface area contributed by atoms with Crippen molar-refractivity contribution in [3.8, 4) is 0 Å². The lowest BCUT2D eigenvalue weighted by Gasteiger charge is -2.21. The molecule has 1 N–H and O–H groups in total. The Morgan fingerprint density at radius 1 is 1.25 bits per heavy atom. The number of aryl methyl sites for hydroxylation is 1. The minimum atomic E-state index is -0.298. The van der Waals surface area contributed by atoms with Gasteiger partial charge in [0, 0.05) is 25.3 Å². The molecule has 2 aromatic heterocycles. The highest BCUT2D eigenvalue weighted by Crippen LogP contribution is 2.34. The van der Waals surface area contributed by atoms with Gasteiger partial charge in [-0.25, -0.2) is 14.8 Å². The van der Waals surface area contributed by atoms with Gasteiger partial charge in [0.2, 0.25) is 0 Å². The van der Waals surface area contributed by atoms with Crippen molar-refractivity contribution in [2.75, 3.05) is 29.9 Å². The van der Waals surface area contributed by atoms with Gasteiger partial charge in [-0.2, -0.15) is 0 Å². The third kappa shape index (κ3) is 3.54. The predicted octanol–water partition coefficient (Wildman–Crippen LogP) is 4.39. The SMILES string of the molecule is CCOC(=O)c1sc2ncnc(NCc3ccccc3N3CCCC3)c2c1C. The first-order valence-electron chi connectivity index (χ1n) is 9.67. The number of para-hydroxylation sites is 1. The number of carbonyl (C=O) groups is 1. The zero-order valence-corrected chi connectivity index (χ0v) is 17.0. The Morgan fingerprint density at radius 2 is 2.04 bits per heavy atom.